The van der Waals surface area contributed by atoms with Crippen molar-refractivity contribution in [1.82, 2.24) is 4.90 Å². The van der Waals surface area contributed by atoms with Gasteiger partial charge in [0.25, 0.3) is 0 Å². The molecule has 0 aliphatic carbocycles. The van der Waals surface area contributed by atoms with Gasteiger partial charge in [-0.3, -0.25) is 0 Å². The second-order valence-electron chi connectivity index (χ2n) is 4.76. The first-order valence-electron chi connectivity index (χ1n) is 6.23. The number of rotatable bonds is 4. The minimum atomic E-state index is 0.663. The van der Waals surface area contributed by atoms with Gasteiger partial charge >= 0.3 is 0 Å². The SMILES string of the molecule is COc1ccc(OCC2CCCN(C)C2)cc1. The molecule has 0 N–H and O–H groups in total. The third kappa shape index (κ3) is 3.63. The van der Waals surface area contributed by atoms with E-state index in [1.54, 1.807) is 7.11 Å². The van der Waals surface area contributed by atoms with Gasteiger partial charge in [-0.15, -0.1) is 0 Å². The summed E-state index contributed by atoms with van der Waals surface area (Å²) in [5.74, 6) is 2.46. The number of benzene rings is 1. The van der Waals surface area contributed by atoms with Crippen LogP contribution in [0.1, 0.15) is 12.8 Å². The summed E-state index contributed by atoms with van der Waals surface area (Å²) in [6.45, 7) is 3.19. The van der Waals surface area contributed by atoms with Crippen molar-refractivity contribution in [3.8, 4) is 11.5 Å². The van der Waals surface area contributed by atoms with E-state index in [0.29, 0.717) is 5.92 Å². The molecule has 3 heteroatoms. The van der Waals surface area contributed by atoms with E-state index in [0.717, 1.165) is 24.7 Å². The lowest BCUT2D eigenvalue weighted by molar-refractivity contribution is 0.150. The highest BCUT2D eigenvalue weighted by Gasteiger charge is 2.17. The highest BCUT2D eigenvalue weighted by Crippen LogP contribution is 2.20. The van der Waals surface area contributed by atoms with Crippen LogP contribution in [-0.2, 0) is 0 Å². The summed E-state index contributed by atoms with van der Waals surface area (Å²) in [6.07, 6.45) is 2.56. The van der Waals surface area contributed by atoms with E-state index in [1.807, 2.05) is 24.3 Å². The Bertz CT molecular complexity index is 337. The molecule has 1 aromatic carbocycles. The summed E-state index contributed by atoms with van der Waals surface area (Å²) in [7, 11) is 3.85. The lowest BCUT2D eigenvalue weighted by atomic mass is 10.00. The molecule has 1 unspecified atom stereocenters. The summed E-state index contributed by atoms with van der Waals surface area (Å²) >= 11 is 0. The van der Waals surface area contributed by atoms with Crippen LogP contribution in [0.3, 0.4) is 0 Å². The second-order valence-corrected chi connectivity index (χ2v) is 4.76. The summed E-state index contributed by atoms with van der Waals surface area (Å²) < 4.78 is 10.9. The van der Waals surface area contributed by atoms with Gasteiger partial charge in [0, 0.05) is 12.5 Å². The largest absolute Gasteiger partial charge is 0.497 e. The minimum Gasteiger partial charge on any atom is -0.497 e. The van der Waals surface area contributed by atoms with Gasteiger partial charge in [-0.1, -0.05) is 0 Å². The molecule has 1 aliphatic heterocycles. The topological polar surface area (TPSA) is 21.7 Å². The Kier molecular flexibility index (Phi) is 4.26. The van der Waals surface area contributed by atoms with Crippen LogP contribution in [-0.4, -0.2) is 38.8 Å². The third-order valence-electron chi connectivity index (χ3n) is 3.27. The zero-order valence-corrected chi connectivity index (χ0v) is 10.7. The average molecular weight is 235 g/mol. The van der Waals surface area contributed by atoms with Crippen molar-refractivity contribution >= 4 is 0 Å². The van der Waals surface area contributed by atoms with Crippen LogP contribution in [0.5, 0.6) is 11.5 Å². The Labute approximate surface area is 103 Å². The van der Waals surface area contributed by atoms with Gasteiger partial charge in [-0.2, -0.15) is 0 Å². The molecule has 2 rings (SSSR count). The highest BCUT2D eigenvalue weighted by molar-refractivity contribution is 5.31. The number of nitrogens with zero attached hydrogens (tertiary/aromatic N) is 1. The van der Waals surface area contributed by atoms with E-state index in [9.17, 15) is 0 Å². The maximum absolute atomic E-state index is 5.81. The quantitative estimate of drug-likeness (QED) is 0.800. The summed E-state index contributed by atoms with van der Waals surface area (Å²) in [4.78, 5) is 2.38. The molecule has 1 atom stereocenters. The van der Waals surface area contributed by atoms with E-state index in [-0.39, 0.29) is 0 Å². The van der Waals surface area contributed by atoms with Crippen molar-refractivity contribution in [1.29, 1.82) is 0 Å². The molecule has 94 valence electrons. The third-order valence-corrected chi connectivity index (χ3v) is 3.27. The van der Waals surface area contributed by atoms with Crippen molar-refractivity contribution in [3.63, 3.8) is 0 Å². The number of methoxy groups -OCH3 is 1. The molecule has 1 heterocycles. The first-order valence-corrected chi connectivity index (χ1v) is 6.23. The molecule has 0 radical (unpaired) electrons. The monoisotopic (exact) mass is 235 g/mol. The predicted molar refractivity (Wildman–Crippen MR) is 68.7 cm³/mol. The van der Waals surface area contributed by atoms with Crippen molar-refractivity contribution in [2.45, 2.75) is 12.8 Å². The van der Waals surface area contributed by atoms with Crippen molar-refractivity contribution in [2.24, 2.45) is 5.92 Å². The van der Waals surface area contributed by atoms with E-state index in [4.69, 9.17) is 9.47 Å². The van der Waals surface area contributed by atoms with Crippen LogP contribution in [0.25, 0.3) is 0 Å². The Hall–Kier alpha value is -1.22. The first-order chi connectivity index (χ1) is 8.28. The Morgan fingerprint density at radius 1 is 1.24 bits per heavy atom. The second kappa shape index (κ2) is 5.92. The van der Waals surface area contributed by atoms with Gasteiger partial charge in [0.05, 0.1) is 13.7 Å². The maximum atomic E-state index is 5.81. The summed E-state index contributed by atoms with van der Waals surface area (Å²) in [5.41, 5.74) is 0. The Morgan fingerprint density at radius 2 is 1.94 bits per heavy atom. The smallest absolute Gasteiger partial charge is 0.119 e. The Morgan fingerprint density at radius 3 is 2.59 bits per heavy atom. The van der Waals surface area contributed by atoms with Gasteiger partial charge in [-0.05, 0) is 50.7 Å². The van der Waals surface area contributed by atoms with Gasteiger partial charge < -0.3 is 14.4 Å². The Balaban J connectivity index is 1.80. The molecular weight excluding hydrogens is 214 g/mol. The lowest BCUT2D eigenvalue weighted by Crippen LogP contribution is -2.34. The van der Waals surface area contributed by atoms with E-state index >= 15 is 0 Å². The molecule has 1 fully saturated rings. The van der Waals surface area contributed by atoms with Crippen LogP contribution in [0.15, 0.2) is 24.3 Å². The van der Waals surface area contributed by atoms with Gasteiger partial charge in [0.1, 0.15) is 11.5 Å². The fourth-order valence-electron chi connectivity index (χ4n) is 2.30. The molecule has 1 aromatic rings. The molecule has 1 saturated heterocycles. The lowest BCUT2D eigenvalue weighted by Gasteiger charge is -2.29. The molecule has 0 bridgehead atoms. The zero-order valence-electron chi connectivity index (χ0n) is 10.7. The normalized spacial score (nSPS) is 21.2. The van der Waals surface area contributed by atoms with Gasteiger partial charge in [-0.25, -0.2) is 0 Å². The predicted octanol–water partition coefficient (Wildman–Crippen LogP) is 2.42. The average Bonchev–Trinajstić information content (AvgIpc) is 2.37. The van der Waals surface area contributed by atoms with E-state index < -0.39 is 0 Å². The van der Waals surface area contributed by atoms with Gasteiger partial charge in [0.15, 0.2) is 0 Å². The minimum absolute atomic E-state index is 0.663. The molecule has 0 spiro atoms. The molecule has 0 aromatic heterocycles. The van der Waals surface area contributed by atoms with Crippen molar-refractivity contribution in [2.75, 3.05) is 33.9 Å². The fraction of sp³-hybridized carbons (Fsp3) is 0.571. The molecule has 0 saturated carbocycles. The zero-order chi connectivity index (χ0) is 12.1. The number of hydrogen-bond donors (Lipinski definition) is 0. The number of piperidine rings is 1. The maximum Gasteiger partial charge on any atom is 0.119 e. The van der Waals surface area contributed by atoms with Crippen LogP contribution in [0, 0.1) is 5.92 Å². The number of likely N-dealkylation sites (tertiary alicyclic amines) is 1. The molecule has 0 amide bonds. The summed E-state index contributed by atoms with van der Waals surface area (Å²) in [6, 6.07) is 7.79. The van der Waals surface area contributed by atoms with Crippen LogP contribution in [0.2, 0.25) is 0 Å². The van der Waals surface area contributed by atoms with Crippen LogP contribution < -0.4 is 9.47 Å². The first kappa shape index (κ1) is 12.2. The van der Waals surface area contributed by atoms with Crippen LogP contribution in [0.4, 0.5) is 0 Å². The number of ether oxygens (including phenoxy) is 2. The van der Waals surface area contributed by atoms with Gasteiger partial charge in [0.2, 0.25) is 0 Å². The number of hydrogen-bond acceptors (Lipinski definition) is 3. The molecule has 3 nitrogen and oxygen atoms in total. The standard InChI is InChI=1S/C14H21NO2/c1-15-9-3-4-12(10-15)11-17-14-7-5-13(16-2)6-8-14/h5-8,12H,3-4,9-11H2,1-2H3. The fourth-order valence-corrected chi connectivity index (χ4v) is 2.30. The van der Waals surface area contributed by atoms with Crippen molar-refractivity contribution in [3.05, 3.63) is 24.3 Å². The molecular formula is C14H21NO2. The van der Waals surface area contributed by atoms with E-state index in [2.05, 4.69) is 11.9 Å². The van der Waals surface area contributed by atoms with Crippen LogP contribution >= 0.6 is 0 Å². The highest BCUT2D eigenvalue weighted by atomic mass is 16.5. The molecule has 17 heavy (non-hydrogen) atoms. The van der Waals surface area contributed by atoms with E-state index in [1.165, 1.54) is 19.4 Å². The van der Waals surface area contributed by atoms with Crippen molar-refractivity contribution < 1.29 is 9.47 Å². The molecule has 1 aliphatic rings. The summed E-state index contributed by atoms with van der Waals surface area (Å²) in [5, 5.41) is 0.